The van der Waals surface area contributed by atoms with Crippen LogP contribution in [0.15, 0.2) is 131 Å². The van der Waals surface area contributed by atoms with Gasteiger partial charge in [0.2, 0.25) is 0 Å². The van der Waals surface area contributed by atoms with E-state index in [-0.39, 0.29) is 0 Å². The van der Waals surface area contributed by atoms with E-state index in [2.05, 4.69) is 143 Å². The molecule has 0 saturated heterocycles. The molecule has 1 aliphatic carbocycles. The van der Waals surface area contributed by atoms with Gasteiger partial charge in [-0.15, -0.1) is 0 Å². The summed E-state index contributed by atoms with van der Waals surface area (Å²) < 4.78 is 1.14. The van der Waals surface area contributed by atoms with Gasteiger partial charge in [0.05, 0.1) is 0 Å². The highest BCUT2D eigenvalue weighted by Crippen LogP contribution is 2.46. The van der Waals surface area contributed by atoms with Crippen LogP contribution in [0.5, 0.6) is 0 Å². The maximum atomic E-state index is 3.71. The molecule has 4 aromatic rings. The van der Waals surface area contributed by atoms with Gasteiger partial charge in [0, 0.05) is 10.1 Å². The Morgan fingerprint density at radius 2 is 1.26 bits per heavy atom. The fourth-order valence-electron chi connectivity index (χ4n) is 4.15. The number of hydrogen-bond acceptors (Lipinski definition) is 0. The van der Waals surface area contributed by atoms with E-state index < -0.39 is 7.92 Å². The molecule has 0 fully saturated rings. The minimum atomic E-state index is -0.570. The normalized spacial score (nSPS) is 17.0. The molecule has 0 bridgehead atoms. The predicted octanol–water partition coefficient (Wildman–Crippen LogP) is 7.61. The first kappa shape index (κ1) is 20.2. The number of benzene rings is 4. The third-order valence-corrected chi connectivity index (χ3v) is 9.04. The van der Waals surface area contributed by atoms with Crippen molar-refractivity contribution in [2.75, 3.05) is 0 Å². The first-order valence-corrected chi connectivity index (χ1v) is 12.6. The Bertz CT molecular complexity index is 1250. The highest BCUT2D eigenvalue weighted by atomic mass is 79.9. The highest BCUT2D eigenvalue weighted by Gasteiger charge is 2.26. The second kappa shape index (κ2) is 9.18. The average Bonchev–Trinajstić information content (AvgIpc) is 2.84. The second-order valence-electron chi connectivity index (χ2n) is 7.56. The maximum Gasteiger partial charge on any atom is 0.0305 e. The minimum absolute atomic E-state index is 0.326. The van der Waals surface area contributed by atoms with Gasteiger partial charge in [0.25, 0.3) is 0 Å². The molecule has 31 heavy (non-hydrogen) atoms. The average molecular weight is 481 g/mol. The van der Waals surface area contributed by atoms with E-state index in [1.165, 1.54) is 32.5 Å². The smallest absolute Gasteiger partial charge is 0.0305 e. The van der Waals surface area contributed by atoms with E-state index in [0.29, 0.717) is 5.66 Å². The van der Waals surface area contributed by atoms with Crippen LogP contribution in [0.25, 0.3) is 16.8 Å². The van der Waals surface area contributed by atoms with Crippen LogP contribution in [-0.4, -0.2) is 5.66 Å². The van der Waals surface area contributed by atoms with Crippen LogP contribution in [0.4, 0.5) is 0 Å². The molecule has 0 nitrogen and oxygen atoms in total. The van der Waals surface area contributed by atoms with Crippen LogP contribution >= 0.6 is 23.9 Å². The van der Waals surface area contributed by atoms with Crippen molar-refractivity contribution in [2.45, 2.75) is 5.66 Å². The number of hydrogen-bond donors (Lipinski definition) is 0. The van der Waals surface area contributed by atoms with E-state index >= 15 is 0 Å². The van der Waals surface area contributed by atoms with Crippen LogP contribution < -0.4 is 10.6 Å². The molecule has 1 atom stereocenters. The second-order valence-corrected chi connectivity index (χ2v) is 10.7. The van der Waals surface area contributed by atoms with Crippen LogP contribution in [0, 0.1) is 0 Å². The lowest BCUT2D eigenvalue weighted by atomic mass is 9.99. The molecule has 5 rings (SSSR count). The lowest BCUT2D eigenvalue weighted by molar-refractivity contribution is 1.29. The molecule has 0 aliphatic heterocycles. The number of fused-ring (bicyclic) bond motifs is 1. The van der Waals surface area contributed by atoms with Crippen LogP contribution in [0.2, 0.25) is 0 Å². The molecule has 2 heteroatoms. The molecule has 4 aromatic carbocycles. The van der Waals surface area contributed by atoms with Crippen LogP contribution in [0.3, 0.4) is 0 Å². The van der Waals surface area contributed by atoms with Crippen LogP contribution in [-0.2, 0) is 0 Å². The summed E-state index contributed by atoms with van der Waals surface area (Å²) in [6, 6.07) is 34.9. The summed E-state index contributed by atoms with van der Waals surface area (Å²) in [5.74, 6) is 0. The van der Waals surface area contributed by atoms with E-state index in [4.69, 9.17) is 0 Å². The van der Waals surface area contributed by atoms with E-state index in [1.54, 1.807) is 0 Å². The van der Waals surface area contributed by atoms with Gasteiger partial charge < -0.3 is 0 Å². The van der Waals surface area contributed by atoms with Crippen molar-refractivity contribution < 1.29 is 0 Å². The standard InChI is InChI=1S/C29H22BrP/c30-28-20-19-22(26-16-8-9-17-27(26)28)21-23-11-7-10-18-29(23)31(24-12-3-1-4-13-24)25-14-5-2-6-15-25/h1-21,29H. The lowest BCUT2D eigenvalue weighted by Gasteiger charge is -2.29. The highest BCUT2D eigenvalue weighted by molar-refractivity contribution is 9.10. The van der Waals surface area contributed by atoms with Crippen molar-refractivity contribution in [3.63, 3.8) is 0 Å². The summed E-state index contributed by atoms with van der Waals surface area (Å²) in [5.41, 5.74) is 2.94. The van der Waals surface area contributed by atoms with Crippen LogP contribution in [0.1, 0.15) is 5.56 Å². The van der Waals surface area contributed by atoms with E-state index in [9.17, 15) is 0 Å². The minimum Gasteiger partial charge on any atom is -0.0721 e. The molecule has 0 N–H and O–H groups in total. The Morgan fingerprint density at radius 1 is 0.645 bits per heavy atom. The molecular formula is C29H22BrP. The number of rotatable bonds is 4. The molecular weight excluding hydrogens is 459 g/mol. The fraction of sp³-hybridized carbons (Fsp3) is 0.0345. The Hall–Kier alpha value is -2.73. The first-order valence-electron chi connectivity index (χ1n) is 10.4. The van der Waals surface area contributed by atoms with Crippen molar-refractivity contribution in [3.05, 3.63) is 137 Å². The number of halogens is 1. The Labute approximate surface area is 193 Å². The third kappa shape index (κ3) is 4.22. The SMILES string of the molecule is Brc1ccc(C=C2C=CC=CC2P(c2ccccc2)c2ccccc2)c2ccccc12. The summed E-state index contributed by atoms with van der Waals surface area (Å²) in [7, 11) is -0.570. The van der Waals surface area contributed by atoms with Gasteiger partial charge in [0.15, 0.2) is 0 Å². The summed E-state index contributed by atoms with van der Waals surface area (Å²) in [4.78, 5) is 0. The van der Waals surface area contributed by atoms with E-state index in [0.717, 1.165) is 4.47 Å². The van der Waals surface area contributed by atoms with Gasteiger partial charge in [-0.25, -0.2) is 0 Å². The van der Waals surface area contributed by atoms with Crippen molar-refractivity contribution in [2.24, 2.45) is 0 Å². The van der Waals surface area contributed by atoms with Gasteiger partial charge in [-0.3, -0.25) is 0 Å². The summed E-state index contributed by atoms with van der Waals surface area (Å²) in [6.07, 6.45) is 11.4. The largest absolute Gasteiger partial charge is 0.0721 e. The quantitative estimate of drug-likeness (QED) is 0.263. The van der Waals surface area contributed by atoms with Crippen molar-refractivity contribution in [3.8, 4) is 0 Å². The molecule has 0 heterocycles. The summed E-state index contributed by atoms with van der Waals surface area (Å²) in [5, 5.41) is 5.33. The summed E-state index contributed by atoms with van der Waals surface area (Å²) in [6.45, 7) is 0. The lowest BCUT2D eigenvalue weighted by Crippen LogP contribution is -2.22. The first-order chi connectivity index (χ1) is 15.3. The van der Waals surface area contributed by atoms with Gasteiger partial charge in [-0.2, -0.15) is 0 Å². The Kier molecular flexibility index (Phi) is 5.98. The monoisotopic (exact) mass is 480 g/mol. The molecule has 150 valence electrons. The van der Waals surface area contributed by atoms with Crippen molar-refractivity contribution >= 4 is 51.3 Å². The zero-order valence-corrected chi connectivity index (χ0v) is 19.5. The molecule has 0 spiro atoms. The zero-order chi connectivity index (χ0) is 21.0. The molecule has 1 unspecified atom stereocenters. The topological polar surface area (TPSA) is 0 Å². The van der Waals surface area contributed by atoms with Gasteiger partial charge >= 0.3 is 0 Å². The Balaban J connectivity index is 1.65. The summed E-state index contributed by atoms with van der Waals surface area (Å²) >= 11 is 3.71. The Morgan fingerprint density at radius 3 is 1.94 bits per heavy atom. The third-order valence-electron chi connectivity index (χ3n) is 5.61. The van der Waals surface area contributed by atoms with Gasteiger partial charge in [-0.05, 0) is 46.5 Å². The van der Waals surface area contributed by atoms with Crippen molar-refractivity contribution in [1.82, 2.24) is 0 Å². The molecule has 0 radical (unpaired) electrons. The fourth-order valence-corrected chi connectivity index (χ4v) is 7.29. The predicted molar refractivity (Wildman–Crippen MR) is 141 cm³/mol. The zero-order valence-electron chi connectivity index (χ0n) is 17.0. The molecule has 0 amide bonds. The number of allylic oxidation sites excluding steroid dienone is 5. The molecule has 0 aromatic heterocycles. The van der Waals surface area contributed by atoms with Crippen molar-refractivity contribution in [1.29, 1.82) is 0 Å². The van der Waals surface area contributed by atoms with E-state index in [1.807, 2.05) is 0 Å². The van der Waals surface area contributed by atoms with Gasteiger partial charge in [-0.1, -0.05) is 137 Å². The van der Waals surface area contributed by atoms with Gasteiger partial charge in [0.1, 0.15) is 0 Å². The molecule has 1 aliphatic rings. The molecule has 0 saturated carbocycles. The maximum absolute atomic E-state index is 3.71.